The number of hydrogen-bond acceptors (Lipinski definition) is 14. The van der Waals surface area contributed by atoms with Crippen LogP contribution in [0.15, 0.2) is 71.9 Å². The quantitative estimate of drug-likeness (QED) is 0.155. The Hall–Kier alpha value is -5.12. The van der Waals surface area contributed by atoms with Crippen molar-refractivity contribution in [2.45, 2.75) is 38.8 Å². The summed E-state index contributed by atoms with van der Waals surface area (Å²) in [6.45, 7) is 8.13. The summed E-state index contributed by atoms with van der Waals surface area (Å²) in [5.74, 6) is 0.392. The van der Waals surface area contributed by atoms with Gasteiger partial charge in [-0.15, -0.1) is 22.7 Å². The van der Waals surface area contributed by atoms with Gasteiger partial charge in [0.15, 0.2) is 11.4 Å². The second-order valence-electron chi connectivity index (χ2n) is 11.6. The molecule has 2 fully saturated rings. The van der Waals surface area contributed by atoms with Gasteiger partial charge in [-0.25, -0.2) is 24.7 Å². The molecule has 1 amide bonds. The number of likely N-dealkylation sites (tertiary alicyclic amines) is 1. The normalized spacial score (nSPS) is 14.5. The molecular formula is C35H38N10O3S2. The Bertz CT molecular complexity index is 2030. The second-order valence-corrected chi connectivity index (χ2v) is 13.4. The summed E-state index contributed by atoms with van der Waals surface area (Å²) in [7, 11) is 1.34. The Balaban J connectivity index is 0.000000156. The minimum atomic E-state index is -0.466. The number of nitrogens with zero attached hydrogens (tertiary/aromatic N) is 7. The summed E-state index contributed by atoms with van der Waals surface area (Å²) >= 11 is 2.93. The number of ether oxygens (including phenoxy) is 1. The van der Waals surface area contributed by atoms with E-state index in [0.29, 0.717) is 17.6 Å². The highest BCUT2D eigenvalue weighted by molar-refractivity contribution is 7.17. The van der Waals surface area contributed by atoms with E-state index in [0.717, 1.165) is 51.1 Å². The van der Waals surface area contributed by atoms with Crippen LogP contribution in [0.4, 0.5) is 11.9 Å². The molecule has 258 valence electrons. The number of fused-ring (bicyclic) bond motifs is 2. The predicted molar refractivity (Wildman–Crippen MR) is 197 cm³/mol. The van der Waals surface area contributed by atoms with Gasteiger partial charge in [0.1, 0.15) is 0 Å². The van der Waals surface area contributed by atoms with E-state index in [4.69, 9.17) is 4.74 Å². The lowest BCUT2D eigenvalue weighted by atomic mass is 10.1. The van der Waals surface area contributed by atoms with E-state index in [9.17, 15) is 9.59 Å². The molecule has 15 heteroatoms. The number of carbonyl (C=O) groups excluding carboxylic acids is 2. The molecule has 50 heavy (non-hydrogen) atoms. The smallest absolute Gasteiger partial charge is 0.358 e. The summed E-state index contributed by atoms with van der Waals surface area (Å²) in [5.41, 5.74) is 4.36. The van der Waals surface area contributed by atoms with E-state index < -0.39 is 5.97 Å². The van der Waals surface area contributed by atoms with Gasteiger partial charge in [0.05, 0.1) is 39.6 Å². The van der Waals surface area contributed by atoms with Crippen molar-refractivity contribution in [3.05, 3.63) is 94.5 Å². The van der Waals surface area contributed by atoms with Crippen LogP contribution in [0.1, 0.15) is 70.9 Å². The number of hydrogen-bond donors (Lipinski definition) is 3. The van der Waals surface area contributed by atoms with Gasteiger partial charge in [-0.05, 0) is 85.9 Å². The van der Waals surface area contributed by atoms with Crippen molar-refractivity contribution in [1.82, 2.24) is 40.1 Å². The Morgan fingerprint density at radius 1 is 0.780 bits per heavy atom. The van der Waals surface area contributed by atoms with Crippen molar-refractivity contribution in [3.8, 4) is 0 Å². The summed E-state index contributed by atoms with van der Waals surface area (Å²) in [5, 5.41) is 13.4. The third-order valence-electron chi connectivity index (χ3n) is 8.10. The van der Waals surface area contributed by atoms with Crippen LogP contribution >= 0.6 is 22.7 Å². The number of esters is 1. The highest BCUT2D eigenvalue weighted by Crippen LogP contribution is 2.28. The first kappa shape index (κ1) is 34.7. The minimum absolute atomic E-state index is 0.00162. The zero-order valence-electron chi connectivity index (χ0n) is 28.0. The number of amides is 1. The third kappa shape index (κ3) is 8.35. The molecule has 3 N–H and O–H groups in total. The molecule has 8 rings (SSSR count). The summed E-state index contributed by atoms with van der Waals surface area (Å²) in [4.78, 5) is 52.4. The highest BCUT2D eigenvalue weighted by atomic mass is 32.1. The van der Waals surface area contributed by atoms with Crippen LogP contribution in [0.2, 0.25) is 0 Å². The average Bonchev–Trinajstić information content (AvgIpc) is 3.77. The fourth-order valence-corrected chi connectivity index (χ4v) is 6.52. The molecule has 0 spiro atoms. The van der Waals surface area contributed by atoms with Gasteiger partial charge in [0.25, 0.3) is 5.91 Å². The first-order valence-electron chi connectivity index (χ1n) is 16.3. The maximum atomic E-state index is 12.7. The maximum Gasteiger partial charge on any atom is 0.358 e. The van der Waals surface area contributed by atoms with Gasteiger partial charge in [-0.3, -0.25) is 14.8 Å². The van der Waals surface area contributed by atoms with Crippen molar-refractivity contribution < 1.29 is 14.3 Å². The van der Waals surface area contributed by atoms with Crippen molar-refractivity contribution in [2.75, 3.05) is 43.9 Å². The van der Waals surface area contributed by atoms with E-state index in [-0.39, 0.29) is 23.7 Å². The van der Waals surface area contributed by atoms with Crippen LogP contribution in [0.3, 0.4) is 0 Å². The summed E-state index contributed by atoms with van der Waals surface area (Å²) in [6, 6.07) is 11.5. The number of aromatic nitrogens is 6. The maximum absolute atomic E-state index is 12.7. The fraction of sp³-hybridized carbons (Fsp3) is 0.314. The highest BCUT2D eigenvalue weighted by Gasteiger charge is 2.26. The molecule has 2 atom stereocenters. The van der Waals surface area contributed by atoms with Crippen molar-refractivity contribution in [3.63, 3.8) is 0 Å². The molecule has 2 saturated heterocycles. The number of carbonyl (C=O) groups is 2. The minimum Gasteiger partial charge on any atom is -0.464 e. The van der Waals surface area contributed by atoms with Crippen LogP contribution in [0, 0.1) is 0 Å². The lowest BCUT2D eigenvalue weighted by Gasteiger charge is -2.30. The molecule has 13 nitrogen and oxygen atoms in total. The Kier molecular flexibility index (Phi) is 11.5. The van der Waals surface area contributed by atoms with E-state index in [1.54, 1.807) is 18.6 Å². The summed E-state index contributed by atoms with van der Waals surface area (Å²) in [6.07, 6.45) is 9.51. The zero-order chi connectivity index (χ0) is 34.9. The molecule has 0 radical (unpaired) electrons. The van der Waals surface area contributed by atoms with Crippen LogP contribution in [-0.2, 0) is 4.74 Å². The molecule has 6 aromatic heterocycles. The SMILES string of the molecule is C1CNC1.COC(=O)c1nc(N[C@@H](C)c2cccnc2)nc2ccsc12.C[C@H](Nc1nc(C(=O)N2CCC2)c2sccc2n1)c1cccnc1. The van der Waals surface area contributed by atoms with Gasteiger partial charge in [0.2, 0.25) is 11.9 Å². The number of rotatable bonds is 8. The van der Waals surface area contributed by atoms with Gasteiger partial charge in [-0.2, -0.15) is 0 Å². The second kappa shape index (κ2) is 16.5. The fourth-order valence-electron chi connectivity index (χ4n) is 4.90. The van der Waals surface area contributed by atoms with Crippen LogP contribution in [0.5, 0.6) is 0 Å². The topological polar surface area (TPSA) is 160 Å². The number of thiophene rings is 2. The first-order chi connectivity index (χ1) is 24.4. The van der Waals surface area contributed by atoms with Gasteiger partial charge >= 0.3 is 5.97 Å². The van der Waals surface area contributed by atoms with Crippen LogP contribution < -0.4 is 16.0 Å². The number of pyridine rings is 2. The largest absolute Gasteiger partial charge is 0.464 e. The van der Waals surface area contributed by atoms with Crippen molar-refractivity contribution in [2.24, 2.45) is 0 Å². The van der Waals surface area contributed by atoms with Gasteiger partial charge in [0, 0.05) is 37.9 Å². The molecule has 0 unspecified atom stereocenters. The molecule has 6 aromatic rings. The van der Waals surface area contributed by atoms with Crippen molar-refractivity contribution >= 4 is 66.9 Å². The lowest BCUT2D eigenvalue weighted by Crippen LogP contribution is -2.42. The summed E-state index contributed by atoms with van der Waals surface area (Å²) < 4.78 is 6.38. The Morgan fingerprint density at radius 2 is 1.28 bits per heavy atom. The lowest BCUT2D eigenvalue weighted by molar-refractivity contribution is 0.0595. The molecular weight excluding hydrogens is 673 g/mol. The van der Waals surface area contributed by atoms with E-state index in [1.807, 2.05) is 72.1 Å². The Morgan fingerprint density at radius 3 is 1.70 bits per heavy atom. The van der Waals surface area contributed by atoms with Crippen LogP contribution in [0.25, 0.3) is 20.4 Å². The number of nitrogens with one attached hydrogen (secondary N) is 3. The van der Waals surface area contributed by atoms with Crippen LogP contribution in [-0.4, -0.2) is 80.0 Å². The zero-order valence-corrected chi connectivity index (χ0v) is 29.6. The number of methoxy groups -OCH3 is 1. The molecule has 2 aliphatic heterocycles. The van der Waals surface area contributed by atoms with Crippen molar-refractivity contribution in [1.29, 1.82) is 0 Å². The molecule has 8 heterocycles. The number of anilines is 2. The van der Waals surface area contributed by atoms with Gasteiger partial charge < -0.3 is 25.6 Å². The third-order valence-corrected chi connectivity index (χ3v) is 9.92. The van der Waals surface area contributed by atoms with E-state index in [2.05, 4.69) is 45.9 Å². The first-order valence-corrected chi connectivity index (χ1v) is 18.1. The monoisotopic (exact) mass is 710 g/mol. The Labute approximate surface area is 297 Å². The predicted octanol–water partition coefficient (Wildman–Crippen LogP) is 6.13. The molecule has 0 aliphatic carbocycles. The molecule has 0 saturated carbocycles. The van der Waals surface area contributed by atoms with E-state index in [1.165, 1.54) is 49.3 Å². The molecule has 2 aliphatic rings. The van der Waals surface area contributed by atoms with E-state index >= 15 is 0 Å². The molecule has 0 bridgehead atoms. The molecule has 0 aromatic carbocycles. The standard InChI is InChI=1S/C17H17N5OS.C15H14N4O2S.C3H7N/c1-11(12-4-2-6-18-10-12)19-17-20-13-5-9-24-15(13)14(21-17)16(23)22-7-3-8-22;1-9(10-4-3-6-16-8-10)17-15-18-11-5-7-22-13(11)12(19-15)14(20)21-2;1-2-4-3-1/h2,4-6,9-11H,3,7-8H2,1H3,(H,19,20,21);3-9H,1-2H3,(H,17,18,19);4H,1-3H2/t11-;9-;/m00./s1. The van der Waals surface area contributed by atoms with Gasteiger partial charge in [-0.1, -0.05) is 12.1 Å². The average molecular weight is 711 g/mol.